The van der Waals surface area contributed by atoms with E-state index in [0.29, 0.717) is 17.3 Å². The molecule has 1 aliphatic rings. The van der Waals surface area contributed by atoms with Gasteiger partial charge in [-0.15, -0.1) is 0 Å². The summed E-state index contributed by atoms with van der Waals surface area (Å²) in [5.41, 5.74) is 3.13. The third-order valence-corrected chi connectivity index (χ3v) is 4.18. The normalized spacial score (nSPS) is 14.6. The highest BCUT2D eigenvalue weighted by Crippen LogP contribution is 2.29. The van der Waals surface area contributed by atoms with Crippen LogP contribution in [0.15, 0.2) is 42.5 Å². The molecule has 2 aromatic rings. The zero-order valence-corrected chi connectivity index (χ0v) is 13.4. The largest absolute Gasteiger partial charge is 0.481 e. The summed E-state index contributed by atoms with van der Waals surface area (Å²) < 4.78 is 5.84. The molecule has 1 aliphatic heterocycles. The minimum atomic E-state index is -0.536. The van der Waals surface area contributed by atoms with Gasteiger partial charge in [0.15, 0.2) is 6.10 Å². The molecule has 0 aliphatic carbocycles. The van der Waals surface area contributed by atoms with Gasteiger partial charge in [0.05, 0.1) is 0 Å². The molecule has 0 N–H and O–H groups in total. The van der Waals surface area contributed by atoms with Gasteiger partial charge in [-0.3, -0.25) is 4.79 Å². The Morgan fingerprint density at radius 3 is 2.82 bits per heavy atom. The van der Waals surface area contributed by atoms with E-state index in [0.717, 1.165) is 17.7 Å². The van der Waals surface area contributed by atoms with E-state index in [9.17, 15) is 4.79 Å². The molecular weight excluding hydrogens is 298 g/mol. The number of amides is 1. The van der Waals surface area contributed by atoms with Crippen molar-refractivity contribution in [1.29, 1.82) is 0 Å². The molecule has 0 spiro atoms. The summed E-state index contributed by atoms with van der Waals surface area (Å²) in [6, 6.07) is 13.4. The molecule has 0 unspecified atom stereocenters. The Morgan fingerprint density at radius 2 is 2.05 bits per heavy atom. The number of ether oxygens (including phenoxy) is 1. The molecule has 2 aromatic carbocycles. The lowest BCUT2D eigenvalue weighted by atomic mass is 10.2. The molecule has 4 heteroatoms. The molecule has 22 heavy (non-hydrogen) atoms. The van der Waals surface area contributed by atoms with Gasteiger partial charge < -0.3 is 9.64 Å². The van der Waals surface area contributed by atoms with Gasteiger partial charge in [0, 0.05) is 17.3 Å². The fourth-order valence-corrected chi connectivity index (χ4v) is 3.00. The predicted molar refractivity (Wildman–Crippen MR) is 88.8 cm³/mol. The molecule has 0 saturated carbocycles. The second-order valence-corrected chi connectivity index (χ2v) is 5.97. The maximum atomic E-state index is 12.7. The molecule has 0 fully saturated rings. The van der Waals surface area contributed by atoms with Gasteiger partial charge in [-0.1, -0.05) is 29.8 Å². The third kappa shape index (κ3) is 2.81. The SMILES string of the molecule is Cc1cc(Cl)ccc1O[C@H](C)C(=O)N1CCc2ccccc21. The van der Waals surface area contributed by atoms with Crippen LogP contribution in [0.1, 0.15) is 18.1 Å². The van der Waals surface area contributed by atoms with Gasteiger partial charge in [-0.2, -0.15) is 0 Å². The number of carbonyl (C=O) groups is 1. The number of nitrogens with zero attached hydrogens (tertiary/aromatic N) is 1. The minimum absolute atomic E-state index is 0.0145. The van der Waals surface area contributed by atoms with E-state index >= 15 is 0 Å². The van der Waals surface area contributed by atoms with Gasteiger partial charge in [0.1, 0.15) is 5.75 Å². The monoisotopic (exact) mass is 315 g/mol. The van der Waals surface area contributed by atoms with Crippen molar-refractivity contribution in [2.24, 2.45) is 0 Å². The zero-order chi connectivity index (χ0) is 15.7. The zero-order valence-electron chi connectivity index (χ0n) is 12.7. The molecule has 114 valence electrons. The summed E-state index contributed by atoms with van der Waals surface area (Å²) in [6.07, 6.45) is 0.361. The van der Waals surface area contributed by atoms with E-state index in [1.165, 1.54) is 5.56 Å². The fraction of sp³-hybridized carbons (Fsp3) is 0.278. The lowest BCUT2D eigenvalue weighted by Gasteiger charge is -2.23. The highest BCUT2D eigenvalue weighted by atomic mass is 35.5. The smallest absolute Gasteiger partial charge is 0.267 e. The van der Waals surface area contributed by atoms with Crippen LogP contribution in [0.2, 0.25) is 5.02 Å². The Balaban J connectivity index is 1.76. The van der Waals surface area contributed by atoms with Gasteiger partial charge in [0.25, 0.3) is 5.91 Å². The van der Waals surface area contributed by atoms with Crippen LogP contribution in [0.25, 0.3) is 0 Å². The van der Waals surface area contributed by atoms with Crippen LogP contribution in [0.4, 0.5) is 5.69 Å². The number of carbonyl (C=O) groups excluding carboxylic acids is 1. The van der Waals surface area contributed by atoms with Crippen molar-refractivity contribution in [2.45, 2.75) is 26.4 Å². The molecule has 0 radical (unpaired) electrons. The van der Waals surface area contributed by atoms with Crippen LogP contribution >= 0.6 is 11.6 Å². The minimum Gasteiger partial charge on any atom is -0.481 e. The Kier molecular flexibility index (Phi) is 4.08. The molecule has 0 saturated heterocycles. The van der Waals surface area contributed by atoms with Crippen LogP contribution in [0.5, 0.6) is 5.75 Å². The van der Waals surface area contributed by atoms with Crippen molar-refractivity contribution in [1.82, 2.24) is 0 Å². The van der Waals surface area contributed by atoms with Crippen molar-refractivity contribution in [3.05, 3.63) is 58.6 Å². The number of benzene rings is 2. The van der Waals surface area contributed by atoms with E-state index < -0.39 is 6.10 Å². The summed E-state index contributed by atoms with van der Waals surface area (Å²) in [6.45, 7) is 4.42. The number of halogens is 1. The second-order valence-electron chi connectivity index (χ2n) is 5.54. The maximum absolute atomic E-state index is 12.7. The number of rotatable bonds is 3. The lowest BCUT2D eigenvalue weighted by molar-refractivity contribution is -0.124. The van der Waals surface area contributed by atoms with Gasteiger partial charge in [-0.25, -0.2) is 0 Å². The van der Waals surface area contributed by atoms with Crippen molar-refractivity contribution >= 4 is 23.2 Å². The molecule has 1 atom stereocenters. The molecule has 3 nitrogen and oxygen atoms in total. The first-order chi connectivity index (χ1) is 10.6. The highest BCUT2D eigenvalue weighted by molar-refractivity contribution is 6.30. The quantitative estimate of drug-likeness (QED) is 0.856. The summed E-state index contributed by atoms with van der Waals surface area (Å²) in [5, 5.41) is 0.664. The molecule has 0 aromatic heterocycles. The number of aryl methyl sites for hydroxylation is 1. The van der Waals surface area contributed by atoms with E-state index in [1.54, 1.807) is 19.1 Å². The Hall–Kier alpha value is -2.00. The van der Waals surface area contributed by atoms with Crippen LogP contribution in [-0.4, -0.2) is 18.6 Å². The molecule has 1 amide bonds. The van der Waals surface area contributed by atoms with Crippen molar-refractivity contribution in [3.8, 4) is 5.75 Å². The van der Waals surface area contributed by atoms with E-state index in [4.69, 9.17) is 16.3 Å². The lowest BCUT2D eigenvalue weighted by Crippen LogP contribution is -2.39. The van der Waals surface area contributed by atoms with E-state index in [-0.39, 0.29) is 5.91 Å². The highest BCUT2D eigenvalue weighted by Gasteiger charge is 2.28. The third-order valence-electron chi connectivity index (χ3n) is 3.94. The fourth-order valence-electron chi connectivity index (χ4n) is 2.77. The van der Waals surface area contributed by atoms with Crippen LogP contribution in [0.3, 0.4) is 0 Å². The van der Waals surface area contributed by atoms with Crippen molar-refractivity contribution in [3.63, 3.8) is 0 Å². The topological polar surface area (TPSA) is 29.5 Å². The standard InChI is InChI=1S/C18H18ClNO2/c1-12-11-15(19)7-8-17(12)22-13(2)18(21)20-10-9-14-5-3-4-6-16(14)20/h3-8,11,13H,9-10H2,1-2H3/t13-/m1/s1. The first kappa shape index (κ1) is 14.9. The number of anilines is 1. The van der Waals surface area contributed by atoms with Crippen LogP contribution in [-0.2, 0) is 11.2 Å². The number of para-hydroxylation sites is 1. The summed E-state index contributed by atoms with van der Waals surface area (Å²) in [7, 11) is 0. The number of hydrogen-bond donors (Lipinski definition) is 0. The average Bonchev–Trinajstić information content (AvgIpc) is 2.93. The summed E-state index contributed by atoms with van der Waals surface area (Å²) >= 11 is 5.95. The first-order valence-corrected chi connectivity index (χ1v) is 7.76. The van der Waals surface area contributed by atoms with E-state index in [1.807, 2.05) is 36.1 Å². The molecular formula is C18H18ClNO2. The van der Waals surface area contributed by atoms with Crippen LogP contribution < -0.4 is 9.64 Å². The molecule has 0 bridgehead atoms. The summed E-state index contributed by atoms with van der Waals surface area (Å²) in [5.74, 6) is 0.678. The average molecular weight is 316 g/mol. The predicted octanol–water partition coefficient (Wildman–Crippen LogP) is 4.01. The Bertz CT molecular complexity index is 714. The maximum Gasteiger partial charge on any atom is 0.267 e. The number of fused-ring (bicyclic) bond motifs is 1. The second kappa shape index (κ2) is 6.01. The van der Waals surface area contributed by atoms with Crippen molar-refractivity contribution < 1.29 is 9.53 Å². The first-order valence-electron chi connectivity index (χ1n) is 7.38. The summed E-state index contributed by atoms with van der Waals surface area (Å²) in [4.78, 5) is 14.5. The van der Waals surface area contributed by atoms with Gasteiger partial charge in [-0.05, 0) is 55.7 Å². The van der Waals surface area contributed by atoms with Gasteiger partial charge >= 0.3 is 0 Å². The van der Waals surface area contributed by atoms with Gasteiger partial charge in [0.2, 0.25) is 0 Å². The Morgan fingerprint density at radius 1 is 1.27 bits per heavy atom. The Labute approximate surface area is 135 Å². The van der Waals surface area contributed by atoms with Crippen molar-refractivity contribution in [2.75, 3.05) is 11.4 Å². The van der Waals surface area contributed by atoms with E-state index in [2.05, 4.69) is 6.07 Å². The number of hydrogen-bond acceptors (Lipinski definition) is 2. The molecule has 1 heterocycles. The molecule has 3 rings (SSSR count). The van der Waals surface area contributed by atoms with Crippen LogP contribution in [0, 0.1) is 6.92 Å².